The molecule has 118 valence electrons. The van der Waals surface area contributed by atoms with Crippen molar-refractivity contribution >= 4 is 5.69 Å². The number of anilines is 1. The summed E-state index contributed by atoms with van der Waals surface area (Å²) in [4.78, 5) is 2.56. The summed E-state index contributed by atoms with van der Waals surface area (Å²) >= 11 is 0. The molecule has 21 heavy (non-hydrogen) atoms. The third-order valence-corrected chi connectivity index (χ3v) is 3.81. The van der Waals surface area contributed by atoms with Crippen LogP contribution in [0.2, 0.25) is 0 Å². The molecule has 0 saturated carbocycles. The number of aryl methyl sites for hydroxylation is 1. The molecule has 1 aliphatic rings. The number of rotatable bonds is 6. The van der Waals surface area contributed by atoms with Crippen molar-refractivity contribution in [1.82, 2.24) is 10.2 Å². The third-order valence-electron chi connectivity index (χ3n) is 3.81. The second-order valence-corrected chi connectivity index (χ2v) is 6.09. The van der Waals surface area contributed by atoms with Gasteiger partial charge in [-0.1, -0.05) is 6.07 Å². The summed E-state index contributed by atoms with van der Waals surface area (Å²) in [6, 6.07) is 6.19. The zero-order valence-corrected chi connectivity index (χ0v) is 13.4. The van der Waals surface area contributed by atoms with Gasteiger partial charge in [-0.15, -0.1) is 0 Å². The smallest absolute Gasteiger partial charge is 0.142 e. The van der Waals surface area contributed by atoms with Crippen molar-refractivity contribution in [1.29, 1.82) is 0 Å². The molecular formula is C17H29N3O. The Morgan fingerprint density at radius 3 is 2.90 bits per heavy atom. The first kappa shape index (κ1) is 16.1. The Kier molecular flexibility index (Phi) is 6.33. The second kappa shape index (κ2) is 8.25. The molecule has 0 spiro atoms. The summed E-state index contributed by atoms with van der Waals surface area (Å²) < 4.78 is 5.67. The molecule has 0 radical (unpaired) electrons. The van der Waals surface area contributed by atoms with Gasteiger partial charge in [0.1, 0.15) is 5.75 Å². The van der Waals surface area contributed by atoms with Crippen molar-refractivity contribution in [3.63, 3.8) is 0 Å². The van der Waals surface area contributed by atoms with E-state index in [1.54, 1.807) is 0 Å². The van der Waals surface area contributed by atoms with E-state index in [1.807, 2.05) is 19.9 Å². The molecule has 1 heterocycles. The Balaban J connectivity index is 1.78. The SMILES string of the molecule is CC(C)Oc1ccc(CCCN2CCCNCC2)cc1N. The van der Waals surface area contributed by atoms with Gasteiger partial charge >= 0.3 is 0 Å². The van der Waals surface area contributed by atoms with Gasteiger partial charge in [-0.25, -0.2) is 0 Å². The summed E-state index contributed by atoms with van der Waals surface area (Å²) in [5.41, 5.74) is 8.11. The molecule has 1 saturated heterocycles. The molecule has 1 aliphatic heterocycles. The van der Waals surface area contributed by atoms with E-state index in [4.69, 9.17) is 10.5 Å². The fourth-order valence-electron chi connectivity index (χ4n) is 2.75. The normalized spacial score (nSPS) is 16.9. The Morgan fingerprint density at radius 2 is 2.14 bits per heavy atom. The number of nitrogens with two attached hydrogens (primary N) is 1. The maximum Gasteiger partial charge on any atom is 0.142 e. The van der Waals surface area contributed by atoms with Gasteiger partial charge in [-0.05, 0) is 70.4 Å². The lowest BCUT2D eigenvalue weighted by Gasteiger charge is -2.19. The first-order chi connectivity index (χ1) is 10.1. The van der Waals surface area contributed by atoms with Crippen LogP contribution in [0.4, 0.5) is 5.69 Å². The van der Waals surface area contributed by atoms with Crippen LogP contribution in [0.25, 0.3) is 0 Å². The number of benzene rings is 1. The molecule has 0 aromatic heterocycles. The first-order valence-electron chi connectivity index (χ1n) is 8.13. The highest BCUT2D eigenvalue weighted by atomic mass is 16.5. The fourth-order valence-corrected chi connectivity index (χ4v) is 2.75. The van der Waals surface area contributed by atoms with Crippen molar-refractivity contribution < 1.29 is 4.74 Å². The summed E-state index contributed by atoms with van der Waals surface area (Å²) in [5, 5.41) is 3.44. The van der Waals surface area contributed by atoms with E-state index in [0.29, 0.717) is 0 Å². The highest BCUT2D eigenvalue weighted by Crippen LogP contribution is 2.24. The van der Waals surface area contributed by atoms with Crippen LogP contribution in [0.3, 0.4) is 0 Å². The van der Waals surface area contributed by atoms with Gasteiger partial charge in [0.05, 0.1) is 11.8 Å². The highest BCUT2D eigenvalue weighted by molar-refractivity contribution is 5.54. The van der Waals surface area contributed by atoms with E-state index in [0.717, 1.165) is 30.9 Å². The van der Waals surface area contributed by atoms with Gasteiger partial charge in [0.25, 0.3) is 0 Å². The number of nitrogens with zero attached hydrogens (tertiary/aromatic N) is 1. The maximum atomic E-state index is 6.06. The molecule has 1 fully saturated rings. The van der Waals surface area contributed by atoms with Crippen LogP contribution in [0.5, 0.6) is 5.75 Å². The maximum absolute atomic E-state index is 6.06. The molecule has 1 aromatic rings. The molecule has 1 aromatic carbocycles. The van der Waals surface area contributed by atoms with Crippen LogP contribution >= 0.6 is 0 Å². The predicted octanol–water partition coefficient (Wildman–Crippen LogP) is 2.28. The first-order valence-corrected chi connectivity index (χ1v) is 8.13. The zero-order valence-electron chi connectivity index (χ0n) is 13.4. The summed E-state index contributed by atoms with van der Waals surface area (Å²) in [5.74, 6) is 0.798. The highest BCUT2D eigenvalue weighted by Gasteiger charge is 2.08. The number of hydrogen-bond donors (Lipinski definition) is 2. The van der Waals surface area contributed by atoms with Gasteiger partial charge < -0.3 is 20.7 Å². The monoisotopic (exact) mass is 291 g/mol. The molecule has 0 unspecified atom stereocenters. The lowest BCUT2D eigenvalue weighted by molar-refractivity contribution is 0.244. The van der Waals surface area contributed by atoms with Crippen LogP contribution in [-0.4, -0.2) is 43.7 Å². The van der Waals surface area contributed by atoms with Crippen molar-refractivity contribution in [2.24, 2.45) is 0 Å². The van der Waals surface area contributed by atoms with Crippen LogP contribution < -0.4 is 15.8 Å². The zero-order chi connectivity index (χ0) is 15.1. The Bertz CT molecular complexity index is 426. The molecule has 4 nitrogen and oxygen atoms in total. The predicted molar refractivity (Wildman–Crippen MR) is 88.9 cm³/mol. The van der Waals surface area contributed by atoms with E-state index in [9.17, 15) is 0 Å². The largest absolute Gasteiger partial charge is 0.489 e. The number of hydrogen-bond acceptors (Lipinski definition) is 4. The van der Waals surface area contributed by atoms with Gasteiger partial charge in [-0.3, -0.25) is 0 Å². The molecule has 0 bridgehead atoms. The average molecular weight is 291 g/mol. The Hall–Kier alpha value is -1.26. The van der Waals surface area contributed by atoms with Crippen LogP contribution in [0, 0.1) is 0 Å². The number of ether oxygens (including phenoxy) is 1. The van der Waals surface area contributed by atoms with Crippen molar-refractivity contribution in [3.05, 3.63) is 23.8 Å². The van der Waals surface area contributed by atoms with E-state index >= 15 is 0 Å². The molecular weight excluding hydrogens is 262 g/mol. The Morgan fingerprint density at radius 1 is 1.29 bits per heavy atom. The topological polar surface area (TPSA) is 50.5 Å². The summed E-state index contributed by atoms with van der Waals surface area (Å²) in [6.07, 6.45) is 3.68. The van der Waals surface area contributed by atoms with Crippen molar-refractivity contribution in [2.45, 2.75) is 39.2 Å². The molecule has 0 amide bonds. The molecule has 2 rings (SSSR count). The molecule has 0 atom stereocenters. The minimum Gasteiger partial charge on any atom is -0.489 e. The molecule has 0 aliphatic carbocycles. The van der Waals surface area contributed by atoms with Crippen LogP contribution in [0.15, 0.2) is 18.2 Å². The van der Waals surface area contributed by atoms with Gasteiger partial charge in [0.15, 0.2) is 0 Å². The van der Waals surface area contributed by atoms with Crippen LogP contribution in [0.1, 0.15) is 32.3 Å². The average Bonchev–Trinajstić information content (AvgIpc) is 2.70. The Labute approximate surface area is 128 Å². The molecule has 3 N–H and O–H groups in total. The van der Waals surface area contributed by atoms with E-state index in [-0.39, 0.29) is 6.10 Å². The molecule has 4 heteroatoms. The number of nitrogens with one attached hydrogen (secondary N) is 1. The van der Waals surface area contributed by atoms with Crippen molar-refractivity contribution in [2.75, 3.05) is 38.5 Å². The minimum atomic E-state index is 0.162. The van der Waals surface area contributed by atoms with Crippen LogP contribution in [-0.2, 0) is 6.42 Å². The standard InChI is InChI=1S/C17H29N3O/c1-14(2)21-17-7-6-15(13-16(17)18)5-3-10-20-11-4-8-19-9-12-20/h6-7,13-14,19H,3-5,8-12,18H2,1-2H3. The summed E-state index contributed by atoms with van der Waals surface area (Å²) in [7, 11) is 0. The van der Waals surface area contributed by atoms with Gasteiger partial charge in [0, 0.05) is 13.1 Å². The minimum absolute atomic E-state index is 0.162. The van der Waals surface area contributed by atoms with Gasteiger partial charge in [-0.2, -0.15) is 0 Å². The van der Waals surface area contributed by atoms with E-state index < -0.39 is 0 Å². The number of nitrogen functional groups attached to an aromatic ring is 1. The second-order valence-electron chi connectivity index (χ2n) is 6.09. The quantitative estimate of drug-likeness (QED) is 0.790. The van der Waals surface area contributed by atoms with Gasteiger partial charge in [0.2, 0.25) is 0 Å². The van der Waals surface area contributed by atoms with Crippen molar-refractivity contribution in [3.8, 4) is 5.75 Å². The lowest BCUT2D eigenvalue weighted by atomic mass is 10.1. The van der Waals surface area contributed by atoms with E-state index in [2.05, 4.69) is 22.3 Å². The summed E-state index contributed by atoms with van der Waals surface area (Å²) in [6.45, 7) is 9.87. The fraction of sp³-hybridized carbons (Fsp3) is 0.647. The lowest BCUT2D eigenvalue weighted by Crippen LogP contribution is -2.29. The van der Waals surface area contributed by atoms with E-state index in [1.165, 1.54) is 38.0 Å². The third kappa shape index (κ3) is 5.56.